The lowest BCUT2D eigenvalue weighted by Gasteiger charge is -2.11. The standard InChI is InChI=1S/C12H18N2O.BrH/c1-4-13-8-11(15)14-12-9(2)6-5-7-10(12)3;/h5-7,13H,4,8H2,1-3H3,(H,14,15);1H. The smallest absolute Gasteiger partial charge is 0.238 e. The largest absolute Gasteiger partial charge is 0.324 e. The van der Waals surface area contributed by atoms with Crippen LogP contribution in [0.25, 0.3) is 0 Å². The summed E-state index contributed by atoms with van der Waals surface area (Å²) in [5, 5.41) is 5.91. The van der Waals surface area contributed by atoms with Gasteiger partial charge in [-0.05, 0) is 31.5 Å². The van der Waals surface area contributed by atoms with Gasteiger partial charge in [-0.3, -0.25) is 4.79 Å². The second-order valence-corrected chi connectivity index (χ2v) is 3.60. The van der Waals surface area contributed by atoms with Crippen molar-refractivity contribution < 1.29 is 4.79 Å². The first-order chi connectivity index (χ1) is 7.15. The normalized spacial score (nSPS) is 9.44. The molecule has 0 bridgehead atoms. The maximum Gasteiger partial charge on any atom is 0.238 e. The van der Waals surface area contributed by atoms with Crippen molar-refractivity contribution in [3.8, 4) is 0 Å². The van der Waals surface area contributed by atoms with Crippen LogP contribution in [0.5, 0.6) is 0 Å². The predicted octanol–water partition coefficient (Wildman–Crippen LogP) is 2.43. The number of para-hydroxylation sites is 1. The molecular weight excluding hydrogens is 268 g/mol. The predicted molar refractivity (Wildman–Crippen MR) is 73.4 cm³/mol. The van der Waals surface area contributed by atoms with E-state index in [1.807, 2.05) is 39.0 Å². The minimum absolute atomic E-state index is 0. The Bertz CT molecular complexity index is 333. The second kappa shape index (κ2) is 7.41. The van der Waals surface area contributed by atoms with Crippen LogP contribution in [0.2, 0.25) is 0 Å². The van der Waals surface area contributed by atoms with Gasteiger partial charge in [-0.2, -0.15) is 0 Å². The maximum absolute atomic E-state index is 11.5. The van der Waals surface area contributed by atoms with Crippen molar-refractivity contribution in [3.05, 3.63) is 29.3 Å². The van der Waals surface area contributed by atoms with Crippen LogP contribution in [0, 0.1) is 13.8 Å². The van der Waals surface area contributed by atoms with Gasteiger partial charge in [0.1, 0.15) is 0 Å². The zero-order chi connectivity index (χ0) is 11.3. The molecule has 0 saturated heterocycles. The highest BCUT2D eigenvalue weighted by atomic mass is 79.9. The van der Waals surface area contributed by atoms with Crippen LogP contribution in [0.3, 0.4) is 0 Å². The van der Waals surface area contributed by atoms with Crippen molar-refractivity contribution in [2.45, 2.75) is 20.8 Å². The molecule has 0 unspecified atom stereocenters. The zero-order valence-electron chi connectivity index (χ0n) is 9.96. The molecule has 0 aliphatic carbocycles. The summed E-state index contributed by atoms with van der Waals surface area (Å²) in [5.41, 5.74) is 3.13. The van der Waals surface area contributed by atoms with Crippen LogP contribution in [-0.4, -0.2) is 19.0 Å². The third-order valence-corrected chi connectivity index (χ3v) is 2.28. The van der Waals surface area contributed by atoms with E-state index in [1.165, 1.54) is 0 Å². The van der Waals surface area contributed by atoms with Crippen molar-refractivity contribution in [3.63, 3.8) is 0 Å². The Morgan fingerprint density at radius 1 is 1.25 bits per heavy atom. The van der Waals surface area contributed by atoms with Gasteiger partial charge < -0.3 is 10.6 Å². The molecule has 0 heterocycles. The van der Waals surface area contributed by atoms with Gasteiger partial charge in [-0.1, -0.05) is 25.1 Å². The van der Waals surface area contributed by atoms with Crippen LogP contribution < -0.4 is 10.6 Å². The molecule has 90 valence electrons. The molecule has 2 N–H and O–H groups in total. The quantitative estimate of drug-likeness (QED) is 0.893. The number of benzene rings is 1. The highest BCUT2D eigenvalue weighted by Gasteiger charge is 2.05. The van der Waals surface area contributed by atoms with Crippen LogP contribution >= 0.6 is 17.0 Å². The van der Waals surface area contributed by atoms with Crippen LogP contribution in [0.1, 0.15) is 18.1 Å². The lowest BCUT2D eigenvalue weighted by Crippen LogP contribution is -2.28. The van der Waals surface area contributed by atoms with E-state index in [0.717, 1.165) is 23.4 Å². The van der Waals surface area contributed by atoms with E-state index < -0.39 is 0 Å². The van der Waals surface area contributed by atoms with Gasteiger partial charge in [0.15, 0.2) is 0 Å². The number of amides is 1. The number of halogens is 1. The first kappa shape index (κ1) is 15.1. The molecule has 0 fully saturated rings. The molecule has 1 rings (SSSR count). The van der Waals surface area contributed by atoms with Crippen molar-refractivity contribution in [1.29, 1.82) is 0 Å². The van der Waals surface area contributed by atoms with Gasteiger partial charge >= 0.3 is 0 Å². The molecular formula is C12H19BrN2O. The molecule has 1 amide bonds. The second-order valence-electron chi connectivity index (χ2n) is 3.60. The van der Waals surface area contributed by atoms with Crippen molar-refractivity contribution in [1.82, 2.24) is 5.32 Å². The highest BCUT2D eigenvalue weighted by molar-refractivity contribution is 8.93. The topological polar surface area (TPSA) is 41.1 Å². The number of nitrogens with one attached hydrogen (secondary N) is 2. The Hall–Kier alpha value is -0.870. The fraction of sp³-hybridized carbons (Fsp3) is 0.417. The van der Waals surface area contributed by atoms with Gasteiger partial charge in [0.05, 0.1) is 6.54 Å². The summed E-state index contributed by atoms with van der Waals surface area (Å²) in [6.45, 7) is 7.14. The van der Waals surface area contributed by atoms with Gasteiger partial charge in [-0.15, -0.1) is 17.0 Å². The van der Waals surface area contributed by atoms with E-state index >= 15 is 0 Å². The van der Waals surface area contributed by atoms with E-state index in [-0.39, 0.29) is 22.9 Å². The van der Waals surface area contributed by atoms with Crippen LogP contribution in [0.4, 0.5) is 5.69 Å². The van der Waals surface area contributed by atoms with Crippen LogP contribution in [0.15, 0.2) is 18.2 Å². The fourth-order valence-corrected chi connectivity index (χ4v) is 1.43. The number of carbonyl (C=O) groups is 1. The third kappa shape index (κ3) is 4.33. The lowest BCUT2D eigenvalue weighted by atomic mass is 10.1. The van der Waals surface area contributed by atoms with E-state index in [1.54, 1.807) is 0 Å². The number of carbonyl (C=O) groups excluding carboxylic acids is 1. The number of hydrogen-bond acceptors (Lipinski definition) is 2. The minimum Gasteiger partial charge on any atom is -0.324 e. The van der Waals surface area contributed by atoms with E-state index in [0.29, 0.717) is 6.54 Å². The summed E-state index contributed by atoms with van der Waals surface area (Å²) < 4.78 is 0. The molecule has 0 aliphatic rings. The number of likely N-dealkylation sites (N-methyl/N-ethyl adjacent to an activating group) is 1. The Labute approximate surface area is 107 Å². The van der Waals surface area contributed by atoms with Crippen molar-refractivity contribution in [2.24, 2.45) is 0 Å². The molecule has 0 radical (unpaired) electrons. The van der Waals surface area contributed by atoms with E-state index in [2.05, 4.69) is 10.6 Å². The highest BCUT2D eigenvalue weighted by Crippen LogP contribution is 2.18. The van der Waals surface area contributed by atoms with Gasteiger partial charge in [0.25, 0.3) is 0 Å². The monoisotopic (exact) mass is 286 g/mol. The minimum atomic E-state index is 0. The summed E-state index contributed by atoms with van der Waals surface area (Å²) in [4.78, 5) is 11.5. The number of aryl methyl sites for hydroxylation is 2. The first-order valence-electron chi connectivity index (χ1n) is 5.22. The Morgan fingerprint density at radius 3 is 2.31 bits per heavy atom. The van der Waals surface area contributed by atoms with Gasteiger partial charge in [0.2, 0.25) is 5.91 Å². The summed E-state index contributed by atoms with van der Waals surface area (Å²) in [6, 6.07) is 5.98. The number of anilines is 1. The Kier molecular flexibility index (Phi) is 7.01. The summed E-state index contributed by atoms with van der Waals surface area (Å²) >= 11 is 0. The molecule has 1 aromatic carbocycles. The lowest BCUT2D eigenvalue weighted by molar-refractivity contribution is -0.115. The maximum atomic E-state index is 11.5. The summed E-state index contributed by atoms with van der Waals surface area (Å²) in [5.74, 6) is 0.00856. The Balaban J connectivity index is 0.00000225. The third-order valence-electron chi connectivity index (χ3n) is 2.28. The molecule has 0 spiro atoms. The van der Waals surface area contributed by atoms with Crippen LogP contribution in [-0.2, 0) is 4.79 Å². The molecule has 0 aliphatic heterocycles. The fourth-order valence-electron chi connectivity index (χ4n) is 1.43. The summed E-state index contributed by atoms with van der Waals surface area (Å²) in [6.07, 6.45) is 0. The summed E-state index contributed by atoms with van der Waals surface area (Å²) in [7, 11) is 0. The van der Waals surface area contributed by atoms with Gasteiger partial charge in [-0.25, -0.2) is 0 Å². The Morgan fingerprint density at radius 2 is 1.81 bits per heavy atom. The molecule has 0 atom stereocenters. The molecule has 1 aromatic rings. The SMILES string of the molecule is Br.CCNCC(=O)Nc1c(C)cccc1C. The van der Waals surface area contributed by atoms with E-state index in [4.69, 9.17) is 0 Å². The average Bonchev–Trinajstić information content (AvgIpc) is 2.21. The number of hydrogen-bond donors (Lipinski definition) is 2. The number of rotatable bonds is 4. The molecule has 3 nitrogen and oxygen atoms in total. The van der Waals surface area contributed by atoms with E-state index in [9.17, 15) is 4.79 Å². The first-order valence-corrected chi connectivity index (χ1v) is 5.22. The van der Waals surface area contributed by atoms with Crippen molar-refractivity contribution >= 4 is 28.6 Å². The molecule has 0 aromatic heterocycles. The van der Waals surface area contributed by atoms with Gasteiger partial charge in [0, 0.05) is 5.69 Å². The zero-order valence-corrected chi connectivity index (χ0v) is 11.7. The molecule has 4 heteroatoms. The average molecular weight is 287 g/mol. The van der Waals surface area contributed by atoms with Crippen molar-refractivity contribution in [2.75, 3.05) is 18.4 Å². The molecule has 0 saturated carbocycles. The molecule has 16 heavy (non-hydrogen) atoms.